The fourth-order valence-corrected chi connectivity index (χ4v) is 3.18. The third-order valence-electron chi connectivity index (χ3n) is 4.12. The second kappa shape index (κ2) is 3.83. The van der Waals surface area contributed by atoms with Gasteiger partial charge in [-0.25, -0.2) is 4.68 Å². The number of hydrogen-bond donors (Lipinski definition) is 1. The highest BCUT2D eigenvalue weighted by Crippen LogP contribution is 2.40. The number of fused-ring (bicyclic) bond motifs is 3. The Morgan fingerprint density at radius 2 is 2.06 bits per heavy atom. The first kappa shape index (κ1) is 10.1. The number of anilines is 1. The first-order chi connectivity index (χ1) is 8.92. The van der Waals surface area contributed by atoms with Crippen molar-refractivity contribution in [1.29, 1.82) is 0 Å². The Kier molecular flexibility index (Phi) is 2.15. The number of benzene rings is 1. The van der Waals surface area contributed by atoms with Gasteiger partial charge in [0.1, 0.15) is 0 Å². The summed E-state index contributed by atoms with van der Waals surface area (Å²) >= 11 is 0. The second-order valence-corrected chi connectivity index (χ2v) is 5.21. The van der Waals surface area contributed by atoms with Crippen LogP contribution in [0.25, 0.3) is 11.4 Å². The molecule has 0 radical (unpaired) electrons. The van der Waals surface area contributed by atoms with Crippen molar-refractivity contribution in [3.8, 4) is 11.4 Å². The van der Waals surface area contributed by atoms with Crippen molar-refractivity contribution in [3.63, 3.8) is 0 Å². The van der Waals surface area contributed by atoms with Gasteiger partial charge in [0.2, 0.25) is 5.95 Å². The van der Waals surface area contributed by atoms with Gasteiger partial charge in [-0.1, -0.05) is 36.8 Å². The molecule has 2 atom stereocenters. The minimum Gasteiger partial charge on any atom is -0.354 e. The highest BCUT2D eigenvalue weighted by atomic mass is 15.4. The van der Waals surface area contributed by atoms with E-state index in [4.69, 9.17) is 5.10 Å². The average Bonchev–Trinajstić information content (AvgIpc) is 3.05. The molecule has 2 unspecified atom stereocenters. The normalized spacial score (nSPS) is 25.3. The van der Waals surface area contributed by atoms with Gasteiger partial charge in [-0.05, 0) is 18.8 Å². The van der Waals surface area contributed by atoms with Crippen LogP contribution in [0.4, 0.5) is 5.95 Å². The molecule has 0 bridgehead atoms. The van der Waals surface area contributed by atoms with Crippen LogP contribution in [-0.4, -0.2) is 21.3 Å². The molecule has 2 aromatic rings. The number of rotatable bonds is 1. The smallest absolute Gasteiger partial charge is 0.221 e. The molecule has 2 aliphatic rings. The van der Waals surface area contributed by atoms with E-state index in [0.29, 0.717) is 6.04 Å². The van der Waals surface area contributed by atoms with Crippen molar-refractivity contribution < 1.29 is 0 Å². The van der Waals surface area contributed by atoms with Crippen molar-refractivity contribution >= 4 is 5.95 Å². The fourth-order valence-electron chi connectivity index (χ4n) is 3.18. The quantitative estimate of drug-likeness (QED) is 0.833. The Morgan fingerprint density at radius 1 is 1.17 bits per heavy atom. The Morgan fingerprint density at radius 3 is 2.94 bits per heavy atom. The van der Waals surface area contributed by atoms with Crippen LogP contribution in [0.15, 0.2) is 30.3 Å². The lowest BCUT2D eigenvalue weighted by atomic mass is 10.0. The third kappa shape index (κ3) is 1.45. The Labute approximate surface area is 106 Å². The van der Waals surface area contributed by atoms with Gasteiger partial charge >= 0.3 is 0 Å². The van der Waals surface area contributed by atoms with Gasteiger partial charge in [-0.2, -0.15) is 4.98 Å². The van der Waals surface area contributed by atoms with Crippen LogP contribution < -0.4 is 5.32 Å². The lowest BCUT2D eigenvalue weighted by Gasteiger charge is -2.26. The SMILES string of the molecule is c1ccc(-c2nc3n(n2)C2CCCC2CN3)cc1. The fraction of sp³-hybridized carbons (Fsp3) is 0.429. The summed E-state index contributed by atoms with van der Waals surface area (Å²) in [5.41, 5.74) is 1.09. The molecule has 2 heterocycles. The van der Waals surface area contributed by atoms with Crippen molar-refractivity contribution in [1.82, 2.24) is 14.8 Å². The van der Waals surface area contributed by atoms with E-state index in [1.54, 1.807) is 0 Å². The van der Waals surface area contributed by atoms with E-state index in [1.165, 1.54) is 19.3 Å². The molecule has 0 spiro atoms. The molecule has 1 aliphatic heterocycles. The third-order valence-corrected chi connectivity index (χ3v) is 4.12. The van der Waals surface area contributed by atoms with E-state index in [9.17, 15) is 0 Å². The van der Waals surface area contributed by atoms with Crippen LogP contribution in [-0.2, 0) is 0 Å². The first-order valence-electron chi connectivity index (χ1n) is 6.67. The molecule has 0 saturated heterocycles. The molecule has 18 heavy (non-hydrogen) atoms. The number of nitrogens with one attached hydrogen (secondary N) is 1. The zero-order valence-corrected chi connectivity index (χ0v) is 10.2. The number of nitrogens with zero attached hydrogens (tertiary/aromatic N) is 3. The van der Waals surface area contributed by atoms with Gasteiger partial charge in [0, 0.05) is 12.1 Å². The van der Waals surface area contributed by atoms with E-state index in [0.717, 1.165) is 29.8 Å². The molecule has 1 fully saturated rings. The molecular weight excluding hydrogens is 224 g/mol. The van der Waals surface area contributed by atoms with Crippen LogP contribution in [0.5, 0.6) is 0 Å². The van der Waals surface area contributed by atoms with Crippen molar-refractivity contribution in [3.05, 3.63) is 30.3 Å². The molecule has 4 heteroatoms. The average molecular weight is 240 g/mol. The largest absolute Gasteiger partial charge is 0.354 e. The van der Waals surface area contributed by atoms with E-state index < -0.39 is 0 Å². The monoisotopic (exact) mass is 240 g/mol. The summed E-state index contributed by atoms with van der Waals surface area (Å²) in [6.07, 6.45) is 3.88. The number of aromatic nitrogens is 3. The Bertz CT molecular complexity index is 560. The molecule has 4 nitrogen and oxygen atoms in total. The predicted octanol–water partition coefficient (Wildman–Crippen LogP) is 2.71. The maximum atomic E-state index is 4.71. The van der Waals surface area contributed by atoms with E-state index in [2.05, 4.69) is 27.1 Å². The molecule has 1 aromatic heterocycles. The first-order valence-corrected chi connectivity index (χ1v) is 6.67. The van der Waals surface area contributed by atoms with Crippen molar-refractivity contribution in [2.24, 2.45) is 5.92 Å². The lowest BCUT2D eigenvalue weighted by molar-refractivity contribution is 0.346. The summed E-state index contributed by atoms with van der Waals surface area (Å²) in [7, 11) is 0. The molecule has 1 aliphatic carbocycles. The zero-order chi connectivity index (χ0) is 11.9. The maximum absolute atomic E-state index is 4.71. The summed E-state index contributed by atoms with van der Waals surface area (Å²) in [4.78, 5) is 4.62. The minimum atomic E-state index is 0.561. The molecule has 1 N–H and O–H groups in total. The van der Waals surface area contributed by atoms with Crippen LogP contribution in [0.1, 0.15) is 25.3 Å². The molecule has 92 valence electrons. The van der Waals surface area contributed by atoms with Gasteiger partial charge in [0.25, 0.3) is 0 Å². The standard InChI is InChI=1S/C14H16N4/c1-2-5-10(6-3-1)13-16-14-15-9-11-7-4-8-12(11)18(14)17-13/h1-3,5-6,11-12H,4,7-9H2,(H,15,16,17). The van der Waals surface area contributed by atoms with Crippen LogP contribution in [0.3, 0.4) is 0 Å². The van der Waals surface area contributed by atoms with Gasteiger partial charge < -0.3 is 5.32 Å². The van der Waals surface area contributed by atoms with Gasteiger partial charge in [-0.3, -0.25) is 0 Å². The summed E-state index contributed by atoms with van der Waals surface area (Å²) in [6.45, 7) is 1.05. The van der Waals surface area contributed by atoms with Gasteiger partial charge in [-0.15, -0.1) is 5.10 Å². The lowest BCUT2D eigenvalue weighted by Crippen LogP contribution is -2.29. The van der Waals surface area contributed by atoms with Crippen molar-refractivity contribution in [2.75, 3.05) is 11.9 Å². The molecule has 0 amide bonds. The predicted molar refractivity (Wildman–Crippen MR) is 70.3 cm³/mol. The number of hydrogen-bond acceptors (Lipinski definition) is 3. The highest BCUT2D eigenvalue weighted by molar-refractivity contribution is 5.56. The highest BCUT2D eigenvalue weighted by Gasteiger charge is 2.35. The Hall–Kier alpha value is -1.84. The second-order valence-electron chi connectivity index (χ2n) is 5.21. The van der Waals surface area contributed by atoms with Crippen LogP contribution >= 0.6 is 0 Å². The molecule has 4 rings (SSSR count). The molecule has 1 aromatic carbocycles. The van der Waals surface area contributed by atoms with Crippen LogP contribution in [0.2, 0.25) is 0 Å². The van der Waals surface area contributed by atoms with E-state index in [-0.39, 0.29) is 0 Å². The Balaban J connectivity index is 1.77. The van der Waals surface area contributed by atoms with E-state index in [1.807, 2.05) is 18.2 Å². The van der Waals surface area contributed by atoms with E-state index >= 15 is 0 Å². The molecular formula is C14H16N4. The summed E-state index contributed by atoms with van der Waals surface area (Å²) in [6, 6.07) is 10.8. The van der Waals surface area contributed by atoms with Crippen molar-refractivity contribution in [2.45, 2.75) is 25.3 Å². The summed E-state index contributed by atoms with van der Waals surface area (Å²) in [5, 5.41) is 8.12. The minimum absolute atomic E-state index is 0.561. The maximum Gasteiger partial charge on any atom is 0.221 e. The summed E-state index contributed by atoms with van der Waals surface area (Å²) < 4.78 is 2.11. The van der Waals surface area contributed by atoms with Gasteiger partial charge in [0.05, 0.1) is 6.04 Å². The molecule has 1 saturated carbocycles. The summed E-state index contributed by atoms with van der Waals surface area (Å²) in [5.74, 6) is 2.52. The zero-order valence-electron chi connectivity index (χ0n) is 10.2. The van der Waals surface area contributed by atoms with Crippen LogP contribution in [0, 0.1) is 5.92 Å². The van der Waals surface area contributed by atoms with Gasteiger partial charge in [0.15, 0.2) is 5.82 Å². The topological polar surface area (TPSA) is 42.7 Å².